The van der Waals surface area contributed by atoms with Crippen LogP contribution in [0.15, 0.2) is 24.3 Å². The van der Waals surface area contributed by atoms with E-state index in [9.17, 15) is 9.59 Å². The summed E-state index contributed by atoms with van der Waals surface area (Å²) in [6.45, 7) is 12.3. The third-order valence-electron chi connectivity index (χ3n) is 5.48. The Hall–Kier alpha value is -1.58. The first-order valence-corrected chi connectivity index (χ1v) is 9.47. The average molecular weight is 348 g/mol. The van der Waals surface area contributed by atoms with Gasteiger partial charge in [0.1, 0.15) is 12.2 Å². The highest BCUT2D eigenvalue weighted by Gasteiger charge is 2.52. The summed E-state index contributed by atoms with van der Waals surface area (Å²) in [4.78, 5) is 23.4. The molecule has 0 aromatic heterocycles. The maximum absolute atomic E-state index is 12.1. The molecule has 140 valence electrons. The fourth-order valence-corrected chi connectivity index (χ4v) is 4.08. The number of carbonyl (C=O) groups excluding carboxylic acids is 2. The molecule has 1 aliphatic heterocycles. The molecule has 0 aromatic carbocycles. The van der Waals surface area contributed by atoms with Gasteiger partial charge in [0.05, 0.1) is 6.42 Å². The number of allylic oxidation sites excluding steroid dienone is 1. The molecule has 0 bridgehead atoms. The van der Waals surface area contributed by atoms with Crippen molar-refractivity contribution in [2.75, 3.05) is 0 Å². The van der Waals surface area contributed by atoms with Crippen LogP contribution in [-0.4, -0.2) is 24.1 Å². The van der Waals surface area contributed by atoms with E-state index in [0.29, 0.717) is 18.8 Å². The first-order valence-electron chi connectivity index (χ1n) is 9.47. The summed E-state index contributed by atoms with van der Waals surface area (Å²) in [5, 5.41) is 0. The molecule has 0 radical (unpaired) electrons. The van der Waals surface area contributed by atoms with Crippen LogP contribution in [0.3, 0.4) is 0 Å². The predicted molar refractivity (Wildman–Crippen MR) is 97.9 cm³/mol. The van der Waals surface area contributed by atoms with Crippen molar-refractivity contribution in [1.82, 2.24) is 0 Å². The summed E-state index contributed by atoms with van der Waals surface area (Å²) in [6, 6.07) is 0. The quantitative estimate of drug-likeness (QED) is 0.632. The van der Waals surface area contributed by atoms with Gasteiger partial charge in [-0.05, 0) is 29.9 Å². The third kappa shape index (κ3) is 4.96. The van der Waals surface area contributed by atoms with Crippen LogP contribution in [0.2, 0.25) is 0 Å². The van der Waals surface area contributed by atoms with Crippen molar-refractivity contribution in [1.29, 1.82) is 0 Å². The molecule has 4 heteroatoms. The maximum Gasteiger partial charge on any atom is 0.307 e. The minimum Gasteiger partial charge on any atom is -0.461 e. The monoisotopic (exact) mass is 348 g/mol. The lowest BCUT2D eigenvalue weighted by Crippen LogP contribution is -2.39. The lowest BCUT2D eigenvalue weighted by molar-refractivity contribution is -0.147. The van der Waals surface area contributed by atoms with E-state index in [2.05, 4.69) is 27.4 Å². The molecular weight excluding hydrogens is 316 g/mol. The van der Waals surface area contributed by atoms with E-state index in [1.165, 1.54) is 19.8 Å². The Bertz CT molecular complexity index is 548. The summed E-state index contributed by atoms with van der Waals surface area (Å²) < 4.78 is 11.1. The molecule has 2 aliphatic rings. The predicted octanol–water partition coefficient (Wildman–Crippen LogP) is 4.59. The Morgan fingerprint density at radius 3 is 2.76 bits per heavy atom. The molecule has 2 rings (SSSR count). The lowest BCUT2D eigenvalue weighted by atomic mass is 9.66. The molecule has 1 spiro atoms. The second-order valence-corrected chi connectivity index (χ2v) is 8.21. The number of ether oxygens (including phenoxy) is 2. The second kappa shape index (κ2) is 8.20. The van der Waals surface area contributed by atoms with Crippen molar-refractivity contribution in [3.8, 4) is 0 Å². The van der Waals surface area contributed by atoms with E-state index < -0.39 is 5.41 Å². The highest BCUT2D eigenvalue weighted by atomic mass is 16.6. The topological polar surface area (TPSA) is 52.6 Å². The zero-order valence-electron chi connectivity index (χ0n) is 16.0. The van der Waals surface area contributed by atoms with Crippen LogP contribution in [0.25, 0.3) is 0 Å². The standard InChI is InChI=1S/C21H32O4/c1-14(2)7-6-8-15(3)11-19-21(13-20(23)25-19)12-18(24-17(5)22)10-9-16(21)4/h9-10,14-15,18-19H,4,6-8,11-13H2,1-3,5H3/t15?,18-,19-,21?/m1/s1. The molecule has 4 atom stereocenters. The van der Waals surface area contributed by atoms with Gasteiger partial charge in [0.25, 0.3) is 0 Å². The highest BCUT2D eigenvalue weighted by molar-refractivity contribution is 5.75. The van der Waals surface area contributed by atoms with Gasteiger partial charge in [0.2, 0.25) is 0 Å². The Kier molecular flexibility index (Phi) is 6.47. The number of hydrogen-bond donors (Lipinski definition) is 0. The van der Waals surface area contributed by atoms with Gasteiger partial charge >= 0.3 is 11.9 Å². The van der Waals surface area contributed by atoms with E-state index in [1.807, 2.05) is 12.2 Å². The van der Waals surface area contributed by atoms with E-state index in [4.69, 9.17) is 9.47 Å². The molecule has 1 heterocycles. The van der Waals surface area contributed by atoms with Crippen molar-refractivity contribution in [2.45, 2.75) is 78.4 Å². The summed E-state index contributed by atoms with van der Waals surface area (Å²) in [7, 11) is 0. The number of esters is 2. The zero-order valence-corrected chi connectivity index (χ0v) is 16.0. The van der Waals surface area contributed by atoms with Crippen LogP contribution >= 0.6 is 0 Å². The van der Waals surface area contributed by atoms with Crippen molar-refractivity contribution in [3.05, 3.63) is 24.3 Å². The number of rotatable bonds is 7. The summed E-state index contributed by atoms with van der Waals surface area (Å²) >= 11 is 0. The molecule has 4 nitrogen and oxygen atoms in total. The van der Waals surface area contributed by atoms with Crippen LogP contribution in [0, 0.1) is 17.3 Å². The molecule has 1 fully saturated rings. The smallest absolute Gasteiger partial charge is 0.307 e. The van der Waals surface area contributed by atoms with Crippen LogP contribution in [-0.2, 0) is 19.1 Å². The lowest BCUT2D eigenvalue weighted by Gasteiger charge is -2.39. The molecule has 1 saturated heterocycles. The molecule has 0 saturated carbocycles. The SMILES string of the molecule is C=C1C=C[C@@H](OC(C)=O)CC12CC(=O)O[C@@H]2CC(C)CCCC(C)C. The molecule has 1 aliphatic carbocycles. The Labute approximate surface area is 151 Å². The number of hydrogen-bond acceptors (Lipinski definition) is 4. The van der Waals surface area contributed by atoms with Crippen molar-refractivity contribution >= 4 is 11.9 Å². The van der Waals surface area contributed by atoms with Gasteiger partial charge in [-0.1, -0.05) is 52.7 Å². The highest BCUT2D eigenvalue weighted by Crippen LogP contribution is 2.50. The van der Waals surface area contributed by atoms with Crippen LogP contribution in [0.1, 0.15) is 66.2 Å². The van der Waals surface area contributed by atoms with Gasteiger partial charge in [-0.3, -0.25) is 9.59 Å². The molecular formula is C21H32O4. The van der Waals surface area contributed by atoms with Crippen LogP contribution in [0.4, 0.5) is 0 Å². The normalized spacial score (nSPS) is 30.0. The van der Waals surface area contributed by atoms with Gasteiger partial charge in [0.15, 0.2) is 0 Å². The van der Waals surface area contributed by atoms with Crippen molar-refractivity contribution < 1.29 is 19.1 Å². The first kappa shape index (κ1) is 19.7. The Balaban J connectivity index is 2.06. The second-order valence-electron chi connectivity index (χ2n) is 8.21. The van der Waals surface area contributed by atoms with Gasteiger partial charge < -0.3 is 9.47 Å². The maximum atomic E-state index is 12.1. The molecule has 25 heavy (non-hydrogen) atoms. The van der Waals surface area contributed by atoms with E-state index in [0.717, 1.165) is 24.3 Å². The van der Waals surface area contributed by atoms with Crippen molar-refractivity contribution in [3.63, 3.8) is 0 Å². The fourth-order valence-electron chi connectivity index (χ4n) is 4.08. The molecule has 2 unspecified atom stereocenters. The molecule has 0 N–H and O–H groups in total. The largest absolute Gasteiger partial charge is 0.461 e. The minimum atomic E-state index is -0.432. The van der Waals surface area contributed by atoms with E-state index in [1.54, 1.807) is 0 Å². The van der Waals surface area contributed by atoms with Gasteiger partial charge in [0, 0.05) is 18.8 Å². The average Bonchev–Trinajstić information content (AvgIpc) is 2.78. The van der Waals surface area contributed by atoms with Gasteiger partial charge in [-0.25, -0.2) is 0 Å². The van der Waals surface area contributed by atoms with E-state index >= 15 is 0 Å². The zero-order chi connectivity index (χ0) is 18.6. The summed E-state index contributed by atoms with van der Waals surface area (Å²) in [5.74, 6) is 0.728. The van der Waals surface area contributed by atoms with Crippen LogP contribution in [0.5, 0.6) is 0 Å². The molecule has 0 aromatic rings. The minimum absolute atomic E-state index is 0.169. The summed E-state index contributed by atoms with van der Waals surface area (Å²) in [5.41, 5.74) is 0.485. The summed E-state index contributed by atoms with van der Waals surface area (Å²) in [6.07, 6.45) is 8.58. The third-order valence-corrected chi connectivity index (χ3v) is 5.48. The van der Waals surface area contributed by atoms with Crippen LogP contribution < -0.4 is 0 Å². The Morgan fingerprint density at radius 1 is 1.40 bits per heavy atom. The molecule has 0 amide bonds. The van der Waals surface area contributed by atoms with Gasteiger partial charge in [-0.2, -0.15) is 0 Å². The van der Waals surface area contributed by atoms with Crippen molar-refractivity contribution in [2.24, 2.45) is 17.3 Å². The first-order chi connectivity index (χ1) is 11.7. The number of cyclic esters (lactones) is 1. The number of carbonyl (C=O) groups is 2. The van der Waals surface area contributed by atoms with E-state index in [-0.39, 0.29) is 24.1 Å². The fraction of sp³-hybridized carbons (Fsp3) is 0.714. The Morgan fingerprint density at radius 2 is 2.12 bits per heavy atom. The van der Waals surface area contributed by atoms with Gasteiger partial charge in [-0.15, -0.1) is 0 Å².